The second kappa shape index (κ2) is 26.2. The highest BCUT2D eigenvalue weighted by Crippen LogP contribution is 2.13. The maximum Gasteiger partial charge on any atom is 0.320 e. The van der Waals surface area contributed by atoms with E-state index in [0.29, 0.717) is 5.75 Å². The third kappa shape index (κ3) is 22.6. The molecular weight excluding hydrogens is 683 g/mol. The molecule has 0 amide bonds. The molecule has 2 aromatic rings. The Morgan fingerprint density at radius 1 is 0.917 bits per heavy atom. The van der Waals surface area contributed by atoms with Gasteiger partial charge in [0.25, 0.3) is 0 Å². The van der Waals surface area contributed by atoms with Gasteiger partial charge in [0.15, 0.2) is 0 Å². The molecule has 0 aliphatic rings. The molecule has 0 aliphatic carbocycles. The van der Waals surface area contributed by atoms with Gasteiger partial charge in [0, 0.05) is 0 Å². The standard InChI is InChI=1S/C10H12FNO3.C9H11NO3.CH2Br2.CH2BrF.CH3F/c11-6-15-8-3-1-7(2-4-8)5-9(12)10(13)14;10-8(9(12)13)5-6-1-3-7(11)4-2-6;2*2-1-3;1-2/h1-4,9H,5-6,12H2,(H,13,14);1-4,8,11H,5,10H2,(H,12,13);2*1H2;1H3/i11-1;;;3-1;1T. The quantitative estimate of drug-likeness (QED) is 0.242. The second-order valence-corrected chi connectivity index (χ2v) is 9.11. The molecule has 7 N–H and O–H groups in total. The molecule has 0 saturated heterocycles. The molecular formula is C22H30Br3F3N2O6. The highest BCUT2D eigenvalue weighted by atomic mass is 79.9. The van der Waals surface area contributed by atoms with Gasteiger partial charge in [0.1, 0.15) is 29.2 Å². The normalized spacial score (nSPS) is 11.1. The Balaban J connectivity index is -0.000000476. The van der Waals surface area contributed by atoms with Crippen LogP contribution in [0.15, 0.2) is 48.5 Å². The Bertz CT molecular complexity index is 824. The average molecular weight is 715 g/mol. The largest absolute Gasteiger partial charge is 0.508 e. The minimum absolute atomic E-state index is 0.160. The summed E-state index contributed by atoms with van der Waals surface area (Å²) in [5, 5.41) is 26.1. The lowest BCUT2D eigenvalue weighted by atomic mass is 10.1. The van der Waals surface area contributed by atoms with E-state index in [4.69, 9.17) is 28.2 Å². The van der Waals surface area contributed by atoms with Crippen molar-refractivity contribution in [3.63, 3.8) is 0 Å². The lowest BCUT2D eigenvalue weighted by molar-refractivity contribution is -0.139. The van der Waals surface area contributed by atoms with Gasteiger partial charge in [-0.3, -0.25) is 14.0 Å². The van der Waals surface area contributed by atoms with Crippen LogP contribution < -0.4 is 16.2 Å². The Morgan fingerprint density at radius 2 is 1.22 bits per heavy atom. The minimum Gasteiger partial charge on any atom is -0.508 e. The zero-order valence-electron chi connectivity index (χ0n) is 20.0. The number of benzene rings is 2. The minimum atomic E-state index is -1.04. The Hall–Kier alpha value is -1.87. The summed E-state index contributed by atoms with van der Waals surface area (Å²) in [6, 6.07) is 11.0. The lowest BCUT2D eigenvalue weighted by Gasteiger charge is -2.07. The third-order valence-corrected chi connectivity index (χ3v) is 3.63. The predicted octanol–water partition coefficient (Wildman–Crippen LogP) is 4.92. The van der Waals surface area contributed by atoms with Crippen LogP contribution in [0.3, 0.4) is 0 Å². The number of hydrogen-bond donors (Lipinski definition) is 5. The summed E-state index contributed by atoms with van der Waals surface area (Å²) in [6.45, 7) is -0.881. The van der Waals surface area contributed by atoms with Crippen LogP contribution in [0.4, 0.5) is 13.2 Å². The van der Waals surface area contributed by atoms with E-state index in [9.17, 15) is 22.8 Å². The van der Waals surface area contributed by atoms with Crippen molar-refractivity contribution in [2.45, 2.75) is 24.9 Å². The first-order valence-corrected chi connectivity index (χ1v) is 13.0. The van der Waals surface area contributed by atoms with Crippen molar-refractivity contribution in [1.29, 1.82) is 0 Å². The number of aromatic hydroxyl groups is 1. The smallest absolute Gasteiger partial charge is 0.320 e. The molecule has 2 rings (SSSR count). The summed E-state index contributed by atoms with van der Waals surface area (Å²) in [7, 11) is -1.00. The lowest BCUT2D eigenvalue weighted by Crippen LogP contribution is -2.32. The van der Waals surface area contributed by atoms with Crippen LogP contribution in [0, 0.1) is 0 Å². The molecule has 0 spiro atoms. The predicted molar refractivity (Wildman–Crippen MR) is 144 cm³/mol. The van der Waals surface area contributed by atoms with Gasteiger partial charge in [-0.05, 0) is 48.2 Å². The van der Waals surface area contributed by atoms with Crippen LogP contribution in [0.2, 0.25) is 0 Å². The van der Waals surface area contributed by atoms with Gasteiger partial charge in [-0.2, -0.15) is 0 Å². The summed E-state index contributed by atoms with van der Waals surface area (Å²) in [6.07, 6.45) is 0.515. The van der Waals surface area contributed by atoms with Crippen molar-refractivity contribution in [3.05, 3.63) is 59.7 Å². The highest BCUT2D eigenvalue weighted by molar-refractivity contribution is 9.24. The number of nitrogens with two attached hydrogens (primary N) is 2. The number of phenols is 1. The number of alkyl halides is 6. The number of hydrogen-bond acceptors (Lipinski definition) is 6. The summed E-state index contributed by atoms with van der Waals surface area (Å²) >= 11 is 8.60. The molecule has 36 heavy (non-hydrogen) atoms. The van der Waals surface area contributed by atoms with Gasteiger partial charge in [-0.25, -0.2) is 8.78 Å². The molecule has 0 aliphatic heterocycles. The van der Waals surface area contributed by atoms with Gasteiger partial charge in [0.2, 0.25) is 6.86 Å². The SMILES string of the molecule is BrCBr.NC(Cc1ccc(O)cc1)C(=O)O.NC(Cc1ccc(OC[18F])cc1)C(=O)O.[18F]CBr.[3H]CF. The van der Waals surface area contributed by atoms with E-state index in [0.717, 1.165) is 15.4 Å². The van der Waals surface area contributed by atoms with Crippen molar-refractivity contribution >= 4 is 59.7 Å². The molecule has 0 saturated carbocycles. The first-order chi connectivity index (χ1) is 17.5. The zero-order chi connectivity index (χ0) is 29.2. The molecule has 14 heteroatoms. The molecule has 0 radical (unpaired) electrons. The Morgan fingerprint density at radius 3 is 1.50 bits per heavy atom. The van der Waals surface area contributed by atoms with Crippen LogP contribution in [0.5, 0.6) is 11.5 Å². The van der Waals surface area contributed by atoms with E-state index in [2.05, 4.69) is 52.5 Å². The van der Waals surface area contributed by atoms with Crippen molar-refractivity contribution in [2.24, 2.45) is 11.5 Å². The maximum atomic E-state index is 11.8. The first kappa shape index (κ1) is 36.3. The molecule has 0 aromatic heterocycles. The van der Waals surface area contributed by atoms with Crippen molar-refractivity contribution < 1.29 is 44.2 Å². The van der Waals surface area contributed by atoms with Gasteiger partial charge in [0.05, 0.1) is 12.8 Å². The second-order valence-electron chi connectivity index (χ2n) is 6.06. The van der Waals surface area contributed by atoms with E-state index < -0.39 is 43.6 Å². The number of halogens is 6. The van der Waals surface area contributed by atoms with Crippen LogP contribution in [0.1, 0.15) is 12.5 Å². The maximum absolute atomic E-state index is 11.8. The van der Waals surface area contributed by atoms with E-state index in [-0.39, 0.29) is 18.6 Å². The highest BCUT2D eigenvalue weighted by Gasteiger charge is 2.12. The monoisotopic (exact) mass is 712 g/mol. The molecule has 0 heterocycles. The molecule has 0 fully saturated rings. The van der Waals surface area contributed by atoms with Crippen molar-refractivity contribution in [1.82, 2.24) is 0 Å². The third-order valence-electron chi connectivity index (χ3n) is 3.63. The summed E-state index contributed by atoms with van der Waals surface area (Å²) in [5.74, 6) is -1.50. The van der Waals surface area contributed by atoms with E-state index in [1.54, 1.807) is 36.4 Å². The molecule has 8 nitrogen and oxygen atoms in total. The van der Waals surface area contributed by atoms with E-state index >= 15 is 0 Å². The van der Waals surface area contributed by atoms with Crippen LogP contribution in [-0.4, -0.2) is 63.2 Å². The molecule has 2 unspecified atom stereocenters. The van der Waals surface area contributed by atoms with Gasteiger partial charge in [-0.15, -0.1) is 0 Å². The van der Waals surface area contributed by atoms with Crippen molar-refractivity contribution in [3.8, 4) is 11.5 Å². The fraction of sp³-hybridized carbons (Fsp3) is 0.364. The summed E-state index contributed by atoms with van der Waals surface area (Å²) in [4.78, 5) is 20.9. The topological polar surface area (TPSA) is 156 Å². The molecule has 2 atom stereocenters. The number of phenolic OH excluding ortho intramolecular Hbond substituents is 1. The fourth-order valence-corrected chi connectivity index (χ4v) is 2.10. The van der Waals surface area contributed by atoms with E-state index in [1.165, 1.54) is 12.1 Å². The molecule has 2 aromatic carbocycles. The van der Waals surface area contributed by atoms with Gasteiger partial charge in [-0.1, -0.05) is 72.1 Å². The Kier molecular flexibility index (Phi) is 26.4. The van der Waals surface area contributed by atoms with Gasteiger partial charge >= 0.3 is 11.9 Å². The number of ether oxygens (including phenoxy) is 1. The summed E-state index contributed by atoms with van der Waals surface area (Å²) < 4.78 is 43.0. The fourth-order valence-electron chi connectivity index (χ4n) is 2.10. The number of aliphatic carboxylic acids is 2. The number of rotatable bonds is 8. The molecule has 0 bridgehead atoms. The Labute approximate surface area is 234 Å². The first-order valence-electron chi connectivity index (χ1n) is 10.3. The zero-order valence-corrected chi connectivity index (χ0v) is 23.8. The number of carboxylic acids is 2. The van der Waals surface area contributed by atoms with Crippen LogP contribution in [-0.2, 0) is 22.4 Å². The summed E-state index contributed by atoms with van der Waals surface area (Å²) in [5.41, 5.74) is 11.8. The van der Waals surface area contributed by atoms with Crippen LogP contribution in [0.25, 0.3) is 0 Å². The molecule has 206 valence electrons. The number of carbonyl (C=O) groups is 2. The average Bonchev–Trinajstić information content (AvgIpc) is 2.84. The van der Waals surface area contributed by atoms with E-state index in [1.807, 2.05) is 0 Å². The van der Waals surface area contributed by atoms with Crippen LogP contribution >= 0.6 is 47.8 Å². The number of carboxylic acid groups (broad SMARTS) is 2. The van der Waals surface area contributed by atoms with Gasteiger partial charge < -0.3 is 31.5 Å². The van der Waals surface area contributed by atoms with Crippen molar-refractivity contribution in [2.75, 3.05) is 23.8 Å².